The standard InChI is InChI=1S/C18H22O2/c1-17(2)15-11-12-18(17,3)20-16(19)14(15)10-9-13-7-5-4-6-8-13/h4-8,10,15H,9,11-12H2,1-3H3/b14-10+/t15-,18-/m1/s1. The van der Waals surface area contributed by atoms with E-state index in [1.807, 2.05) is 18.2 Å². The minimum atomic E-state index is -0.293. The van der Waals surface area contributed by atoms with Crippen LogP contribution in [0, 0.1) is 11.3 Å². The number of carbonyl (C=O) groups excluding carboxylic acids is 1. The summed E-state index contributed by atoms with van der Waals surface area (Å²) in [6, 6.07) is 10.3. The van der Waals surface area contributed by atoms with Crippen LogP contribution in [0.3, 0.4) is 0 Å². The predicted molar refractivity (Wildman–Crippen MR) is 79.2 cm³/mol. The minimum Gasteiger partial charge on any atom is -0.455 e. The molecule has 0 spiro atoms. The molecule has 1 aromatic rings. The van der Waals surface area contributed by atoms with Gasteiger partial charge in [0.15, 0.2) is 0 Å². The van der Waals surface area contributed by atoms with Crippen LogP contribution in [-0.4, -0.2) is 11.6 Å². The second kappa shape index (κ2) is 4.47. The van der Waals surface area contributed by atoms with E-state index >= 15 is 0 Å². The van der Waals surface area contributed by atoms with Crippen LogP contribution in [0.15, 0.2) is 42.0 Å². The summed E-state index contributed by atoms with van der Waals surface area (Å²) in [6.07, 6.45) is 4.90. The number of hydrogen-bond acceptors (Lipinski definition) is 2. The molecule has 2 bridgehead atoms. The largest absolute Gasteiger partial charge is 0.455 e. The first kappa shape index (κ1) is 13.4. The van der Waals surface area contributed by atoms with Gasteiger partial charge in [0.05, 0.1) is 0 Å². The summed E-state index contributed by atoms with van der Waals surface area (Å²) in [7, 11) is 0. The monoisotopic (exact) mass is 270 g/mol. The molecule has 20 heavy (non-hydrogen) atoms. The third-order valence-corrected chi connectivity index (χ3v) is 5.47. The summed E-state index contributed by atoms with van der Waals surface area (Å²) in [5.74, 6) is 0.225. The lowest BCUT2D eigenvalue weighted by Crippen LogP contribution is -2.49. The maximum atomic E-state index is 12.3. The highest BCUT2D eigenvalue weighted by molar-refractivity contribution is 5.91. The van der Waals surface area contributed by atoms with E-state index in [0.29, 0.717) is 5.92 Å². The third-order valence-electron chi connectivity index (χ3n) is 5.47. The summed E-state index contributed by atoms with van der Waals surface area (Å²) in [5.41, 5.74) is 1.85. The van der Waals surface area contributed by atoms with Gasteiger partial charge in [-0.2, -0.15) is 0 Å². The summed E-state index contributed by atoms with van der Waals surface area (Å²) in [6.45, 7) is 6.54. The molecule has 2 atom stereocenters. The maximum Gasteiger partial charge on any atom is 0.334 e. The van der Waals surface area contributed by atoms with Crippen LogP contribution in [0.5, 0.6) is 0 Å². The Balaban J connectivity index is 1.88. The quantitative estimate of drug-likeness (QED) is 0.601. The number of carbonyl (C=O) groups is 1. The Morgan fingerprint density at radius 1 is 1.25 bits per heavy atom. The van der Waals surface area contributed by atoms with Gasteiger partial charge in [0.1, 0.15) is 5.60 Å². The molecule has 1 saturated carbocycles. The van der Waals surface area contributed by atoms with Gasteiger partial charge in [-0.15, -0.1) is 0 Å². The van der Waals surface area contributed by atoms with Crippen molar-refractivity contribution in [2.24, 2.45) is 11.3 Å². The first-order valence-corrected chi connectivity index (χ1v) is 7.41. The first-order chi connectivity index (χ1) is 9.44. The molecule has 0 unspecified atom stereocenters. The molecule has 0 amide bonds. The number of benzene rings is 1. The Bertz CT molecular complexity index is 556. The van der Waals surface area contributed by atoms with Crippen molar-refractivity contribution in [1.29, 1.82) is 0 Å². The van der Waals surface area contributed by atoms with Crippen LogP contribution in [-0.2, 0) is 16.0 Å². The molecule has 2 heteroatoms. The SMILES string of the molecule is CC1(C)[C@@H]2CC[C@@]1(C)OC(=O)/C2=C/Cc1ccccc1. The lowest BCUT2D eigenvalue weighted by molar-refractivity contribution is -0.172. The van der Waals surface area contributed by atoms with Crippen LogP contribution in [0.2, 0.25) is 0 Å². The van der Waals surface area contributed by atoms with Crippen molar-refractivity contribution < 1.29 is 9.53 Å². The summed E-state index contributed by atoms with van der Waals surface area (Å²) in [5, 5.41) is 0. The molecule has 2 fully saturated rings. The average Bonchev–Trinajstić information content (AvgIpc) is 2.56. The maximum absolute atomic E-state index is 12.3. The molecule has 0 N–H and O–H groups in total. The lowest BCUT2D eigenvalue weighted by atomic mass is 9.68. The molecule has 2 aliphatic rings. The topological polar surface area (TPSA) is 26.3 Å². The fraction of sp³-hybridized carbons (Fsp3) is 0.500. The van der Waals surface area contributed by atoms with Gasteiger partial charge in [0.2, 0.25) is 0 Å². The van der Waals surface area contributed by atoms with Gasteiger partial charge in [-0.1, -0.05) is 50.3 Å². The number of fused-ring (bicyclic) bond motifs is 2. The van der Waals surface area contributed by atoms with Gasteiger partial charge in [-0.3, -0.25) is 0 Å². The zero-order valence-corrected chi connectivity index (χ0v) is 12.5. The zero-order valence-electron chi connectivity index (χ0n) is 12.5. The average molecular weight is 270 g/mol. The van der Waals surface area contributed by atoms with E-state index in [9.17, 15) is 4.79 Å². The van der Waals surface area contributed by atoms with Gasteiger partial charge in [-0.05, 0) is 37.7 Å². The second-order valence-corrected chi connectivity index (χ2v) is 6.78. The van der Waals surface area contributed by atoms with Crippen molar-refractivity contribution in [3.8, 4) is 0 Å². The molecule has 2 nitrogen and oxygen atoms in total. The first-order valence-electron chi connectivity index (χ1n) is 7.41. The molecule has 0 aromatic heterocycles. The van der Waals surface area contributed by atoms with Crippen LogP contribution in [0.1, 0.15) is 39.2 Å². The predicted octanol–water partition coefficient (Wildman–Crippen LogP) is 3.91. The van der Waals surface area contributed by atoms with Crippen molar-refractivity contribution in [1.82, 2.24) is 0 Å². The summed E-state index contributed by atoms with van der Waals surface area (Å²) < 4.78 is 5.77. The Labute approximate surface area is 120 Å². The number of esters is 1. The minimum absolute atomic E-state index is 0.0312. The zero-order chi connectivity index (χ0) is 14.4. The lowest BCUT2D eigenvalue weighted by Gasteiger charge is -2.45. The van der Waals surface area contributed by atoms with Gasteiger partial charge in [0.25, 0.3) is 0 Å². The summed E-state index contributed by atoms with van der Waals surface area (Å²) in [4.78, 5) is 12.3. The highest BCUT2D eigenvalue weighted by Gasteiger charge is 2.59. The molecule has 3 rings (SSSR count). The Kier molecular flexibility index (Phi) is 3.00. The highest BCUT2D eigenvalue weighted by Crippen LogP contribution is 2.58. The molecule has 1 heterocycles. The Morgan fingerprint density at radius 2 is 1.95 bits per heavy atom. The molecule has 106 valence electrons. The number of hydrogen-bond donors (Lipinski definition) is 0. The van der Waals surface area contributed by atoms with E-state index < -0.39 is 0 Å². The van der Waals surface area contributed by atoms with Crippen LogP contribution >= 0.6 is 0 Å². The van der Waals surface area contributed by atoms with Gasteiger partial charge in [0, 0.05) is 11.0 Å². The molecular weight excluding hydrogens is 248 g/mol. The van der Waals surface area contributed by atoms with Gasteiger partial charge < -0.3 is 4.74 Å². The van der Waals surface area contributed by atoms with Crippen molar-refractivity contribution >= 4 is 5.97 Å². The molecule has 1 aliphatic heterocycles. The number of ether oxygens (including phenoxy) is 1. The van der Waals surface area contributed by atoms with Crippen LogP contribution < -0.4 is 0 Å². The molecule has 0 radical (unpaired) electrons. The third kappa shape index (κ3) is 1.90. The van der Waals surface area contributed by atoms with E-state index in [1.165, 1.54) is 5.56 Å². The Morgan fingerprint density at radius 3 is 2.65 bits per heavy atom. The van der Waals surface area contributed by atoms with E-state index in [0.717, 1.165) is 24.8 Å². The normalized spacial score (nSPS) is 33.2. The second-order valence-electron chi connectivity index (χ2n) is 6.78. The molecule has 1 saturated heterocycles. The number of allylic oxidation sites excluding steroid dienone is 1. The van der Waals surface area contributed by atoms with E-state index in [1.54, 1.807) is 0 Å². The molecule has 1 aliphatic carbocycles. The van der Waals surface area contributed by atoms with Crippen molar-refractivity contribution in [3.05, 3.63) is 47.5 Å². The smallest absolute Gasteiger partial charge is 0.334 e. The highest BCUT2D eigenvalue weighted by atomic mass is 16.6. The van der Waals surface area contributed by atoms with Gasteiger partial charge >= 0.3 is 5.97 Å². The van der Waals surface area contributed by atoms with Crippen LogP contribution in [0.4, 0.5) is 0 Å². The van der Waals surface area contributed by atoms with Crippen molar-refractivity contribution in [2.45, 2.75) is 45.6 Å². The van der Waals surface area contributed by atoms with Gasteiger partial charge in [-0.25, -0.2) is 4.79 Å². The Hall–Kier alpha value is -1.57. The van der Waals surface area contributed by atoms with E-state index in [2.05, 4.69) is 39.0 Å². The fourth-order valence-corrected chi connectivity index (χ4v) is 3.67. The molecule has 1 aromatic carbocycles. The van der Waals surface area contributed by atoms with E-state index in [-0.39, 0.29) is 17.0 Å². The number of rotatable bonds is 2. The van der Waals surface area contributed by atoms with Crippen molar-refractivity contribution in [3.63, 3.8) is 0 Å². The van der Waals surface area contributed by atoms with E-state index in [4.69, 9.17) is 4.74 Å². The van der Waals surface area contributed by atoms with Crippen molar-refractivity contribution in [2.75, 3.05) is 0 Å². The fourth-order valence-electron chi connectivity index (χ4n) is 3.67. The summed E-state index contributed by atoms with van der Waals surface area (Å²) >= 11 is 0. The molecular formula is C18H22O2. The van der Waals surface area contributed by atoms with Crippen LogP contribution in [0.25, 0.3) is 0 Å².